The van der Waals surface area contributed by atoms with Crippen molar-refractivity contribution in [2.75, 3.05) is 6.54 Å². The molecule has 1 aromatic carbocycles. The first-order chi connectivity index (χ1) is 11.1. The molecule has 0 aliphatic carbocycles. The zero-order valence-corrected chi connectivity index (χ0v) is 14.7. The molecule has 0 radical (unpaired) electrons. The highest BCUT2D eigenvalue weighted by Gasteiger charge is 2.30. The largest absolute Gasteiger partial charge is 0.334 e. The van der Waals surface area contributed by atoms with Gasteiger partial charge in [-0.2, -0.15) is 5.10 Å². The van der Waals surface area contributed by atoms with E-state index in [4.69, 9.17) is 5.73 Å². The summed E-state index contributed by atoms with van der Waals surface area (Å²) in [5.74, 6) is 0.0235. The molecule has 1 fully saturated rings. The van der Waals surface area contributed by atoms with Gasteiger partial charge in [-0.25, -0.2) is 4.68 Å². The number of piperidine rings is 1. The molecule has 1 aliphatic rings. The highest BCUT2D eigenvalue weighted by Crippen LogP contribution is 2.22. The summed E-state index contributed by atoms with van der Waals surface area (Å²) in [6.07, 6.45) is 6.57. The van der Waals surface area contributed by atoms with Gasteiger partial charge in [-0.3, -0.25) is 4.79 Å². The SMILES string of the molecule is CC(N)C1CCCCN1C(=O)c1cnn(-c2ccc(Br)cc2)c1. The quantitative estimate of drug-likeness (QED) is 0.895. The number of aromatic nitrogens is 2. The maximum absolute atomic E-state index is 12.8. The van der Waals surface area contributed by atoms with Crippen LogP contribution < -0.4 is 5.73 Å². The molecule has 2 aromatic rings. The van der Waals surface area contributed by atoms with Crippen LogP contribution >= 0.6 is 15.9 Å². The van der Waals surface area contributed by atoms with Gasteiger partial charge in [-0.05, 0) is 50.5 Å². The summed E-state index contributed by atoms with van der Waals surface area (Å²) >= 11 is 3.42. The third-order valence-electron chi connectivity index (χ3n) is 4.34. The van der Waals surface area contributed by atoms with E-state index in [0.29, 0.717) is 5.56 Å². The molecular formula is C17H21BrN4O. The number of nitrogens with two attached hydrogens (primary N) is 1. The van der Waals surface area contributed by atoms with E-state index < -0.39 is 0 Å². The second-order valence-electron chi connectivity index (χ2n) is 6.07. The predicted molar refractivity (Wildman–Crippen MR) is 93.6 cm³/mol. The Morgan fingerprint density at radius 2 is 2.09 bits per heavy atom. The fourth-order valence-corrected chi connectivity index (χ4v) is 3.35. The molecule has 122 valence electrons. The fourth-order valence-electron chi connectivity index (χ4n) is 3.09. The second kappa shape index (κ2) is 6.84. The lowest BCUT2D eigenvalue weighted by molar-refractivity contribution is 0.0584. The van der Waals surface area contributed by atoms with E-state index in [1.165, 1.54) is 0 Å². The topological polar surface area (TPSA) is 64.2 Å². The molecule has 2 unspecified atom stereocenters. The number of likely N-dealkylation sites (tertiary alicyclic amines) is 1. The van der Waals surface area contributed by atoms with Gasteiger partial charge in [0.25, 0.3) is 5.91 Å². The van der Waals surface area contributed by atoms with Crippen LogP contribution in [0.1, 0.15) is 36.5 Å². The average molecular weight is 377 g/mol. The molecule has 23 heavy (non-hydrogen) atoms. The number of halogens is 1. The van der Waals surface area contributed by atoms with Gasteiger partial charge in [0.2, 0.25) is 0 Å². The minimum atomic E-state index is -0.0132. The first kappa shape index (κ1) is 16.2. The van der Waals surface area contributed by atoms with Crippen molar-refractivity contribution in [3.8, 4) is 5.69 Å². The highest BCUT2D eigenvalue weighted by molar-refractivity contribution is 9.10. The van der Waals surface area contributed by atoms with Crippen LogP contribution in [-0.4, -0.2) is 39.2 Å². The highest BCUT2D eigenvalue weighted by atomic mass is 79.9. The molecular weight excluding hydrogens is 356 g/mol. The van der Waals surface area contributed by atoms with Crippen molar-refractivity contribution in [1.29, 1.82) is 0 Å². The third kappa shape index (κ3) is 3.48. The van der Waals surface area contributed by atoms with Crippen LogP contribution in [0.2, 0.25) is 0 Å². The number of hydrogen-bond acceptors (Lipinski definition) is 3. The van der Waals surface area contributed by atoms with Gasteiger partial charge < -0.3 is 10.6 Å². The van der Waals surface area contributed by atoms with Gasteiger partial charge in [0.05, 0.1) is 17.4 Å². The second-order valence-corrected chi connectivity index (χ2v) is 6.99. The molecule has 1 saturated heterocycles. The standard InChI is InChI=1S/C17H21BrN4O/c1-12(19)16-4-2-3-9-21(16)17(23)13-10-20-22(11-13)15-7-5-14(18)6-8-15/h5-8,10-12,16H,2-4,9,19H2,1H3. The minimum Gasteiger partial charge on any atom is -0.334 e. The molecule has 0 spiro atoms. The van der Waals surface area contributed by atoms with Crippen molar-refractivity contribution in [3.63, 3.8) is 0 Å². The zero-order valence-electron chi connectivity index (χ0n) is 13.2. The summed E-state index contributed by atoms with van der Waals surface area (Å²) in [5.41, 5.74) is 7.60. The normalized spacial score (nSPS) is 19.6. The summed E-state index contributed by atoms with van der Waals surface area (Å²) in [6, 6.07) is 7.92. The number of carbonyl (C=O) groups excluding carboxylic acids is 1. The van der Waals surface area contributed by atoms with Crippen molar-refractivity contribution in [2.24, 2.45) is 5.73 Å². The summed E-state index contributed by atoms with van der Waals surface area (Å²) in [5, 5.41) is 4.32. The lowest BCUT2D eigenvalue weighted by atomic mass is 9.96. The molecule has 1 amide bonds. The van der Waals surface area contributed by atoms with E-state index in [1.54, 1.807) is 17.1 Å². The monoisotopic (exact) mass is 376 g/mol. The molecule has 0 bridgehead atoms. The van der Waals surface area contributed by atoms with E-state index in [-0.39, 0.29) is 18.0 Å². The van der Waals surface area contributed by atoms with Crippen molar-refractivity contribution in [2.45, 2.75) is 38.3 Å². The first-order valence-corrected chi connectivity index (χ1v) is 8.73. The lowest BCUT2D eigenvalue weighted by Crippen LogP contribution is -2.51. The van der Waals surface area contributed by atoms with E-state index in [0.717, 1.165) is 36.0 Å². The van der Waals surface area contributed by atoms with Gasteiger partial charge in [0, 0.05) is 29.3 Å². The fraction of sp³-hybridized carbons (Fsp3) is 0.412. The van der Waals surface area contributed by atoms with Crippen molar-refractivity contribution in [3.05, 3.63) is 46.7 Å². The maximum atomic E-state index is 12.8. The van der Waals surface area contributed by atoms with Crippen LogP contribution in [0, 0.1) is 0 Å². The van der Waals surface area contributed by atoms with Gasteiger partial charge in [-0.1, -0.05) is 15.9 Å². The molecule has 2 heterocycles. The van der Waals surface area contributed by atoms with Crippen LogP contribution in [0.25, 0.3) is 5.69 Å². The Balaban J connectivity index is 1.81. The van der Waals surface area contributed by atoms with Gasteiger partial charge in [-0.15, -0.1) is 0 Å². The van der Waals surface area contributed by atoms with Crippen molar-refractivity contribution in [1.82, 2.24) is 14.7 Å². The number of amides is 1. The molecule has 5 nitrogen and oxygen atoms in total. The maximum Gasteiger partial charge on any atom is 0.257 e. The van der Waals surface area contributed by atoms with Crippen LogP contribution in [0.5, 0.6) is 0 Å². The van der Waals surface area contributed by atoms with Crippen molar-refractivity contribution >= 4 is 21.8 Å². The number of benzene rings is 1. The molecule has 2 N–H and O–H groups in total. The number of hydrogen-bond donors (Lipinski definition) is 1. The minimum absolute atomic E-state index is 0.0132. The summed E-state index contributed by atoms with van der Waals surface area (Å²) in [4.78, 5) is 14.7. The van der Waals surface area contributed by atoms with Gasteiger partial charge in [0.1, 0.15) is 0 Å². The van der Waals surface area contributed by atoms with Gasteiger partial charge >= 0.3 is 0 Å². The molecule has 6 heteroatoms. The van der Waals surface area contributed by atoms with Crippen LogP contribution in [0.3, 0.4) is 0 Å². The third-order valence-corrected chi connectivity index (χ3v) is 4.87. The Labute approximate surface area is 144 Å². The summed E-state index contributed by atoms with van der Waals surface area (Å²) in [6.45, 7) is 2.75. The molecule has 0 saturated carbocycles. The molecule has 1 aromatic heterocycles. The van der Waals surface area contributed by atoms with E-state index >= 15 is 0 Å². The average Bonchev–Trinajstić information content (AvgIpc) is 3.04. The Hall–Kier alpha value is -1.66. The van der Waals surface area contributed by atoms with Gasteiger partial charge in [0.15, 0.2) is 0 Å². The van der Waals surface area contributed by atoms with Crippen LogP contribution in [-0.2, 0) is 0 Å². The number of carbonyl (C=O) groups is 1. The van der Waals surface area contributed by atoms with Crippen molar-refractivity contribution < 1.29 is 4.79 Å². The van der Waals surface area contributed by atoms with Crippen LogP contribution in [0.4, 0.5) is 0 Å². The predicted octanol–water partition coefficient (Wildman–Crippen LogP) is 2.98. The number of nitrogens with zero attached hydrogens (tertiary/aromatic N) is 3. The zero-order chi connectivity index (χ0) is 16.4. The lowest BCUT2D eigenvalue weighted by Gasteiger charge is -2.37. The van der Waals surface area contributed by atoms with E-state index in [1.807, 2.05) is 36.1 Å². The molecule has 3 rings (SSSR count). The molecule has 1 aliphatic heterocycles. The first-order valence-electron chi connectivity index (χ1n) is 7.93. The summed E-state index contributed by atoms with van der Waals surface area (Å²) < 4.78 is 2.74. The summed E-state index contributed by atoms with van der Waals surface area (Å²) in [7, 11) is 0. The number of rotatable bonds is 3. The molecule has 2 atom stereocenters. The Morgan fingerprint density at radius 3 is 2.78 bits per heavy atom. The van der Waals surface area contributed by atoms with Crippen LogP contribution in [0.15, 0.2) is 41.1 Å². The van der Waals surface area contributed by atoms with E-state index in [9.17, 15) is 4.79 Å². The Bertz CT molecular complexity index is 680. The van der Waals surface area contributed by atoms with E-state index in [2.05, 4.69) is 21.0 Å². The smallest absolute Gasteiger partial charge is 0.257 e. The Morgan fingerprint density at radius 1 is 1.35 bits per heavy atom. The Kier molecular flexibility index (Phi) is 4.82.